The van der Waals surface area contributed by atoms with Crippen LogP contribution >= 0.6 is 0 Å². The zero-order valence-electron chi connectivity index (χ0n) is 10.7. The second-order valence-corrected chi connectivity index (χ2v) is 4.38. The van der Waals surface area contributed by atoms with E-state index in [1.165, 1.54) is 0 Å². The van der Waals surface area contributed by atoms with E-state index in [1.807, 2.05) is 30.3 Å². The van der Waals surface area contributed by atoms with E-state index in [9.17, 15) is 0 Å². The summed E-state index contributed by atoms with van der Waals surface area (Å²) in [6.45, 7) is 2.13. The number of benzene rings is 1. The van der Waals surface area contributed by atoms with Gasteiger partial charge in [-0.1, -0.05) is 6.92 Å². The summed E-state index contributed by atoms with van der Waals surface area (Å²) in [7, 11) is 0. The predicted molar refractivity (Wildman–Crippen MR) is 74.9 cm³/mol. The molecule has 0 fully saturated rings. The van der Waals surface area contributed by atoms with Crippen LogP contribution in [0.2, 0.25) is 0 Å². The summed E-state index contributed by atoms with van der Waals surface area (Å²) in [5.41, 5.74) is 2.82. The first kappa shape index (κ1) is 11.7. The lowest BCUT2D eigenvalue weighted by Gasteiger charge is -2.16. The Morgan fingerprint density at radius 2 is 2.00 bits per heavy atom. The molecule has 19 heavy (non-hydrogen) atoms. The van der Waals surface area contributed by atoms with Crippen molar-refractivity contribution in [2.24, 2.45) is 0 Å². The number of furan rings is 1. The van der Waals surface area contributed by atoms with E-state index in [2.05, 4.69) is 22.2 Å². The van der Waals surface area contributed by atoms with Gasteiger partial charge in [0.05, 0.1) is 23.3 Å². The lowest BCUT2D eigenvalue weighted by molar-refractivity contribution is 0.474. The minimum Gasteiger partial charge on any atom is -0.467 e. The molecule has 0 saturated heterocycles. The fraction of sp³-hybridized carbons (Fsp3) is 0.200. The summed E-state index contributed by atoms with van der Waals surface area (Å²) in [4.78, 5) is 8.57. The number of fused-ring (bicyclic) bond motifs is 1. The van der Waals surface area contributed by atoms with Crippen LogP contribution < -0.4 is 5.32 Å². The molecule has 0 amide bonds. The molecule has 0 radical (unpaired) electrons. The fourth-order valence-corrected chi connectivity index (χ4v) is 2.12. The van der Waals surface area contributed by atoms with Crippen molar-refractivity contribution in [3.05, 3.63) is 54.7 Å². The van der Waals surface area contributed by atoms with E-state index >= 15 is 0 Å². The maximum Gasteiger partial charge on any atom is 0.125 e. The largest absolute Gasteiger partial charge is 0.467 e. The highest BCUT2D eigenvalue weighted by Gasteiger charge is 2.11. The Balaban J connectivity index is 1.88. The first-order chi connectivity index (χ1) is 9.36. The minimum atomic E-state index is 0.170. The Bertz CT molecular complexity index is 664. The number of anilines is 1. The number of rotatable bonds is 4. The van der Waals surface area contributed by atoms with Crippen LogP contribution in [0, 0.1) is 0 Å². The molecule has 4 nitrogen and oxygen atoms in total. The summed E-state index contributed by atoms with van der Waals surface area (Å²) >= 11 is 0. The quantitative estimate of drug-likeness (QED) is 0.768. The van der Waals surface area contributed by atoms with Crippen molar-refractivity contribution in [1.29, 1.82) is 0 Å². The molecule has 1 atom stereocenters. The van der Waals surface area contributed by atoms with E-state index in [0.717, 1.165) is 28.9 Å². The lowest BCUT2D eigenvalue weighted by Crippen LogP contribution is -2.08. The van der Waals surface area contributed by atoms with Crippen LogP contribution in [-0.2, 0) is 0 Å². The SMILES string of the molecule is CCC(Nc1ccc2nccnc2c1)c1ccco1. The normalized spacial score (nSPS) is 12.5. The van der Waals surface area contributed by atoms with E-state index in [-0.39, 0.29) is 6.04 Å². The van der Waals surface area contributed by atoms with Gasteiger partial charge in [0.2, 0.25) is 0 Å². The molecule has 1 aromatic carbocycles. The third-order valence-electron chi connectivity index (χ3n) is 3.11. The first-order valence-corrected chi connectivity index (χ1v) is 6.37. The van der Waals surface area contributed by atoms with Gasteiger partial charge in [-0.25, -0.2) is 0 Å². The van der Waals surface area contributed by atoms with Crippen LogP contribution in [0.1, 0.15) is 25.1 Å². The van der Waals surface area contributed by atoms with Gasteiger partial charge < -0.3 is 9.73 Å². The smallest absolute Gasteiger partial charge is 0.125 e. The van der Waals surface area contributed by atoms with Gasteiger partial charge >= 0.3 is 0 Å². The summed E-state index contributed by atoms with van der Waals surface area (Å²) in [5, 5.41) is 3.46. The maximum atomic E-state index is 5.46. The standard InChI is InChI=1S/C15H15N3O/c1-2-12(15-4-3-9-19-15)18-11-5-6-13-14(10-11)17-8-7-16-13/h3-10,12,18H,2H2,1H3. The highest BCUT2D eigenvalue weighted by atomic mass is 16.3. The molecule has 0 aliphatic heterocycles. The molecule has 1 unspecified atom stereocenters. The van der Waals surface area contributed by atoms with E-state index in [4.69, 9.17) is 4.42 Å². The van der Waals surface area contributed by atoms with Crippen molar-refractivity contribution in [2.45, 2.75) is 19.4 Å². The fourth-order valence-electron chi connectivity index (χ4n) is 2.12. The lowest BCUT2D eigenvalue weighted by atomic mass is 10.1. The molecule has 2 heterocycles. The molecule has 3 aromatic rings. The molecule has 3 rings (SSSR count). The van der Waals surface area contributed by atoms with Crippen molar-refractivity contribution in [1.82, 2.24) is 9.97 Å². The van der Waals surface area contributed by atoms with E-state index < -0.39 is 0 Å². The second-order valence-electron chi connectivity index (χ2n) is 4.38. The van der Waals surface area contributed by atoms with E-state index in [1.54, 1.807) is 18.7 Å². The molecule has 0 spiro atoms. The number of nitrogens with zero attached hydrogens (tertiary/aromatic N) is 2. The number of hydrogen-bond donors (Lipinski definition) is 1. The summed E-state index contributed by atoms with van der Waals surface area (Å²) in [5.74, 6) is 0.946. The molecule has 1 N–H and O–H groups in total. The Kier molecular flexibility index (Phi) is 3.14. The van der Waals surface area contributed by atoms with Gasteiger partial charge in [0.15, 0.2) is 0 Å². The van der Waals surface area contributed by atoms with Gasteiger partial charge in [-0.2, -0.15) is 0 Å². The maximum absolute atomic E-state index is 5.46. The summed E-state index contributed by atoms with van der Waals surface area (Å²) in [6.07, 6.45) is 6.06. The van der Waals surface area contributed by atoms with Crippen LogP contribution in [0.25, 0.3) is 11.0 Å². The van der Waals surface area contributed by atoms with Crippen molar-refractivity contribution in [3.8, 4) is 0 Å². The molecule has 0 saturated carbocycles. The molecule has 0 bridgehead atoms. The summed E-state index contributed by atoms with van der Waals surface area (Å²) in [6, 6.07) is 10.1. The van der Waals surface area contributed by atoms with Crippen LogP contribution in [0.5, 0.6) is 0 Å². The van der Waals surface area contributed by atoms with Crippen LogP contribution in [0.4, 0.5) is 5.69 Å². The van der Waals surface area contributed by atoms with Crippen LogP contribution in [0.3, 0.4) is 0 Å². The molecule has 0 aliphatic carbocycles. The van der Waals surface area contributed by atoms with Crippen molar-refractivity contribution < 1.29 is 4.42 Å². The molecule has 96 valence electrons. The average Bonchev–Trinajstić information content (AvgIpc) is 2.98. The average molecular weight is 253 g/mol. The molecule has 2 aromatic heterocycles. The highest BCUT2D eigenvalue weighted by molar-refractivity contribution is 5.78. The van der Waals surface area contributed by atoms with Gasteiger partial charge in [-0.3, -0.25) is 9.97 Å². The Morgan fingerprint density at radius 1 is 1.16 bits per heavy atom. The highest BCUT2D eigenvalue weighted by Crippen LogP contribution is 2.24. The Labute approximate surface area is 111 Å². The number of nitrogens with one attached hydrogen (secondary N) is 1. The zero-order chi connectivity index (χ0) is 13.1. The summed E-state index contributed by atoms with van der Waals surface area (Å²) < 4.78 is 5.46. The molecular formula is C15H15N3O. The number of hydrogen-bond acceptors (Lipinski definition) is 4. The third-order valence-corrected chi connectivity index (χ3v) is 3.11. The van der Waals surface area contributed by atoms with Gasteiger partial charge in [-0.15, -0.1) is 0 Å². The van der Waals surface area contributed by atoms with E-state index in [0.29, 0.717) is 0 Å². The topological polar surface area (TPSA) is 51.0 Å². The van der Waals surface area contributed by atoms with Crippen molar-refractivity contribution in [3.63, 3.8) is 0 Å². The Hall–Kier alpha value is -2.36. The van der Waals surface area contributed by atoms with Crippen LogP contribution in [0.15, 0.2) is 53.4 Å². The van der Waals surface area contributed by atoms with Gasteiger partial charge in [-0.05, 0) is 36.8 Å². The van der Waals surface area contributed by atoms with Crippen molar-refractivity contribution >= 4 is 16.7 Å². The molecule has 4 heteroatoms. The molecule has 0 aliphatic rings. The van der Waals surface area contributed by atoms with Gasteiger partial charge in [0.25, 0.3) is 0 Å². The zero-order valence-corrected chi connectivity index (χ0v) is 10.7. The Morgan fingerprint density at radius 3 is 2.74 bits per heavy atom. The van der Waals surface area contributed by atoms with Crippen molar-refractivity contribution in [2.75, 3.05) is 5.32 Å². The van der Waals surface area contributed by atoms with Gasteiger partial charge in [0.1, 0.15) is 5.76 Å². The first-order valence-electron chi connectivity index (χ1n) is 6.37. The predicted octanol–water partition coefficient (Wildman–Crippen LogP) is 3.79. The third kappa shape index (κ3) is 2.42. The monoisotopic (exact) mass is 253 g/mol. The molecular weight excluding hydrogens is 238 g/mol. The number of aromatic nitrogens is 2. The van der Waals surface area contributed by atoms with Crippen LogP contribution in [-0.4, -0.2) is 9.97 Å². The van der Waals surface area contributed by atoms with Gasteiger partial charge in [0, 0.05) is 18.1 Å². The second kappa shape index (κ2) is 5.10. The minimum absolute atomic E-state index is 0.170.